The van der Waals surface area contributed by atoms with Crippen LogP contribution in [0.25, 0.3) is 0 Å². The lowest BCUT2D eigenvalue weighted by Crippen LogP contribution is -2.24. The van der Waals surface area contributed by atoms with Crippen LogP contribution in [-0.2, 0) is 14.3 Å². The van der Waals surface area contributed by atoms with E-state index < -0.39 is 30.9 Å². The fraction of sp³-hybridized carbons (Fsp3) is 0.167. The maximum absolute atomic E-state index is 13.3. The molecule has 0 saturated carbocycles. The van der Waals surface area contributed by atoms with Crippen LogP contribution in [0.3, 0.4) is 0 Å². The largest absolute Gasteiger partial charge is 0.479 e. The van der Waals surface area contributed by atoms with Crippen molar-refractivity contribution >= 4 is 23.3 Å². The molecule has 0 radical (unpaired) electrons. The van der Waals surface area contributed by atoms with Gasteiger partial charge in [0.25, 0.3) is 5.91 Å². The molecule has 0 aliphatic carbocycles. The van der Waals surface area contributed by atoms with E-state index in [9.17, 15) is 18.8 Å². The predicted molar refractivity (Wildman–Crippen MR) is 87.9 cm³/mol. The van der Waals surface area contributed by atoms with E-state index in [-0.39, 0.29) is 11.5 Å². The summed E-state index contributed by atoms with van der Waals surface area (Å²) in [5, 5.41) is 2.49. The van der Waals surface area contributed by atoms with E-state index >= 15 is 0 Å². The molecule has 0 aliphatic heterocycles. The van der Waals surface area contributed by atoms with Gasteiger partial charge in [0.1, 0.15) is 0 Å². The number of halogens is 1. The standard InChI is InChI=1S/C18H16FNO5/c1-12(21)13-6-2-4-8-15(13)20-17(22)10-25-18(23)11-24-16-9-5-3-7-14(16)19/h2-9H,10-11H2,1H3,(H,20,22). The first-order chi connectivity index (χ1) is 12.0. The monoisotopic (exact) mass is 345 g/mol. The molecule has 1 N–H and O–H groups in total. The summed E-state index contributed by atoms with van der Waals surface area (Å²) in [6.45, 7) is 0.301. The molecule has 25 heavy (non-hydrogen) atoms. The number of amides is 1. The third-order valence-corrected chi connectivity index (χ3v) is 3.13. The first kappa shape index (κ1) is 18.1. The maximum Gasteiger partial charge on any atom is 0.344 e. The van der Waals surface area contributed by atoms with Gasteiger partial charge in [-0.3, -0.25) is 9.59 Å². The lowest BCUT2D eigenvalue weighted by atomic mass is 10.1. The highest BCUT2D eigenvalue weighted by molar-refractivity contribution is 6.04. The van der Waals surface area contributed by atoms with Crippen molar-refractivity contribution < 1.29 is 28.2 Å². The molecule has 6 nitrogen and oxygen atoms in total. The van der Waals surface area contributed by atoms with Crippen molar-refractivity contribution in [2.24, 2.45) is 0 Å². The van der Waals surface area contributed by atoms with Gasteiger partial charge < -0.3 is 14.8 Å². The van der Waals surface area contributed by atoms with Gasteiger partial charge in [-0.1, -0.05) is 24.3 Å². The van der Waals surface area contributed by atoms with Crippen molar-refractivity contribution in [2.45, 2.75) is 6.92 Å². The van der Waals surface area contributed by atoms with E-state index in [1.54, 1.807) is 30.3 Å². The van der Waals surface area contributed by atoms with Crippen LogP contribution in [0.2, 0.25) is 0 Å². The fourth-order valence-electron chi connectivity index (χ4n) is 1.97. The van der Waals surface area contributed by atoms with Gasteiger partial charge in [-0.15, -0.1) is 0 Å². The van der Waals surface area contributed by atoms with Crippen LogP contribution in [0.5, 0.6) is 5.75 Å². The molecule has 0 saturated heterocycles. The molecular weight excluding hydrogens is 329 g/mol. The number of anilines is 1. The highest BCUT2D eigenvalue weighted by Gasteiger charge is 2.12. The molecule has 2 aromatic rings. The number of Topliss-reactive ketones (excluding diaryl/α,β-unsaturated/α-hetero) is 1. The maximum atomic E-state index is 13.3. The second-order valence-electron chi connectivity index (χ2n) is 5.03. The van der Waals surface area contributed by atoms with Crippen molar-refractivity contribution in [3.8, 4) is 5.75 Å². The predicted octanol–water partition coefficient (Wildman–Crippen LogP) is 2.59. The molecule has 0 fully saturated rings. The summed E-state index contributed by atoms with van der Waals surface area (Å²) in [6.07, 6.45) is 0. The van der Waals surface area contributed by atoms with E-state index in [1.165, 1.54) is 25.1 Å². The molecule has 0 bridgehead atoms. The van der Waals surface area contributed by atoms with Crippen LogP contribution >= 0.6 is 0 Å². The Labute approximate surface area is 143 Å². The molecule has 0 spiro atoms. The zero-order valence-electron chi connectivity index (χ0n) is 13.5. The number of carbonyl (C=O) groups excluding carboxylic acids is 3. The summed E-state index contributed by atoms with van der Waals surface area (Å²) in [5.74, 6) is -2.31. The fourth-order valence-corrected chi connectivity index (χ4v) is 1.97. The molecule has 0 unspecified atom stereocenters. The highest BCUT2D eigenvalue weighted by Crippen LogP contribution is 2.16. The van der Waals surface area contributed by atoms with Crippen LogP contribution in [0.15, 0.2) is 48.5 Å². The van der Waals surface area contributed by atoms with Crippen molar-refractivity contribution in [1.82, 2.24) is 0 Å². The van der Waals surface area contributed by atoms with Crippen LogP contribution in [0.4, 0.5) is 10.1 Å². The van der Waals surface area contributed by atoms with E-state index in [2.05, 4.69) is 5.32 Å². The molecule has 1 amide bonds. The average Bonchev–Trinajstić information content (AvgIpc) is 2.59. The molecule has 7 heteroatoms. The first-order valence-electron chi connectivity index (χ1n) is 7.40. The average molecular weight is 345 g/mol. The molecule has 2 rings (SSSR count). The van der Waals surface area contributed by atoms with Gasteiger partial charge in [0.2, 0.25) is 0 Å². The minimum atomic E-state index is -0.821. The Kier molecular flexibility index (Phi) is 6.22. The van der Waals surface area contributed by atoms with E-state index in [0.29, 0.717) is 11.3 Å². The van der Waals surface area contributed by atoms with Crippen molar-refractivity contribution in [2.75, 3.05) is 18.5 Å². The summed E-state index contributed by atoms with van der Waals surface area (Å²) in [6, 6.07) is 12.1. The van der Waals surface area contributed by atoms with E-state index in [0.717, 1.165) is 0 Å². The number of hydrogen-bond acceptors (Lipinski definition) is 5. The number of benzene rings is 2. The van der Waals surface area contributed by atoms with Gasteiger partial charge in [0, 0.05) is 5.56 Å². The summed E-state index contributed by atoms with van der Waals surface area (Å²) in [4.78, 5) is 34.9. The number of ether oxygens (including phenoxy) is 2. The molecule has 0 atom stereocenters. The van der Waals surface area contributed by atoms with Crippen molar-refractivity contribution in [1.29, 1.82) is 0 Å². The second-order valence-corrected chi connectivity index (χ2v) is 5.03. The van der Waals surface area contributed by atoms with Gasteiger partial charge >= 0.3 is 5.97 Å². The Balaban J connectivity index is 1.81. The minimum Gasteiger partial charge on any atom is -0.479 e. The molecule has 0 aliphatic rings. The number of carbonyl (C=O) groups is 3. The van der Waals surface area contributed by atoms with Gasteiger partial charge in [-0.05, 0) is 31.2 Å². The summed E-state index contributed by atoms with van der Waals surface area (Å²) >= 11 is 0. The number of esters is 1. The number of para-hydroxylation sites is 2. The SMILES string of the molecule is CC(=O)c1ccccc1NC(=O)COC(=O)COc1ccccc1F. The van der Waals surface area contributed by atoms with Gasteiger partial charge in [0.15, 0.2) is 30.6 Å². The third kappa shape index (κ3) is 5.42. The molecular formula is C18H16FNO5. The summed E-state index contributed by atoms with van der Waals surface area (Å²) < 4.78 is 23.1. The highest BCUT2D eigenvalue weighted by atomic mass is 19.1. The normalized spacial score (nSPS) is 10.0. The number of rotatable bonds is 7. The van der Waals surface area contributed by atoms with Crippen LogP contribution in [0.1, 0.15) is 17.3 Å². The smallest absolute Gasteiger partial charge is 0.344 e. The third-order valence-electron chi connectivity index (χ3n) is 3.13. The lowest BCUT2D eigenvalue weighted by molar-refractivity contribution is -0.149. The number of nitrogens with one attached hydrogen (secondary N) is 1. The Hall–Kier alpha value is -3.22. The van der Waals surface area contributed by atoms with E-state index in [4.69, 9.17) is 9.47 Å². The van der Waals surface area contributed by atoms with Gasteiger partial charge in [-0.25, -0.2) is 9.18 Å². The summed E-state index contributed by atoms with van der Waals surface area (Å²) in [5.41, 5.74) is 0.684. The Bertz CT molecular complexity index is 791. The molecule has 0 heterocycles. The van der Waals surface area contributed by atoms with Gasteiger partial charge in [-0.2, -0.15) is 0 Å². The minimum absolute atomic E-state index is 0.0840. The summed E-state index contributed by atoms with van der Waals surface area (Å²) in [7, 11) is 0. The Morgan fingerprint density at radius 3 is 2.40 bits per heavy atom. The molecule has 130 valence electrons. The quantitative estimate of drug-likeness (QED) is 0.616. The van der Waals surface area contributed by atoms with Crippen LogP contribution in [0, 0.1) is 5.82 Å². The van der Waals surface area contributed by atoms with Crippen LogP contribution < -0.4 is 10.1 Å². The number of hydrogen-bond donors (Lipinski definition) is 1. The first-order valence-corrected chi connectivity index (χ1v) is 7.40. The van der Waals surface area contributed by atoms with Crippen LogP contribution in [-0.4, -0.2) is 30.9 Å². The lowest BCUT2D eigenvalue weighted by Gasteiger charge is -2.10. The Morgan fingerprint density at radius 1 is 1.00 bits per heavy atom. The Morgan fingerprint density at radius 2 is 1.68 bits per heavy atom. The second kappa shape index (κ2) is 8.58. The van der Waals surface area contributed by atoms with Gasteiger partial charge in [0.05, 0.1) is 5.69 Å². The zero-order chi connectivity index (χ0) is 18.2. The number of ketones is 1. The van der Waals surface area contributed by atoms with Crippen molar-refractivity contribution in [3.63, 3.8) is 0 Å². The topological polar surface area (TPSA) is 81.7 Å². The zero-order valence-corrected chi connectivity index (χ0v) is 13.5. The van der Waals surface area contributed by atoms with E-state index in [1.807, 2.05) is 0 Å². The molecule has 0 aromatic heterocycles. The molecule has 2 aromatic carbocycles. The van der Waals surface area contributed by atoms with Crippen molar-refractivity contribution in [3.05, 3.63) is 59.9 Å².